The van der Waals surface area contributed by atoms with Gasteiger partial charge < -0.3 is 38.8 Å². The van der Waals surface area contributed by atoms with Gasteiger partial charge in [0.25, 0.3) is 0 Å². The lowest BCUT2D eigenvalue weighted by Gasteiger charge is -2.39. The van der Waals surface area contributed by atoms with Crippen molar-refractivity contribution in [3.8, 4) is 11.5 Å². The molecule has 3 aliphatic heterocycles. The number of nitrogens with zero attached hydrogens (tertiary/aromatic N) is 2. The van der Waals surface area contributed by atoms with Crippen molar-refractivity contribution in [1.29, 1.82) is 0 Å². The van der Waals surface area contributed by atoms with Gasteiger partial charge >= 0.3 is 11.9 Å². The number of fused-ring (bicyclic) bond motifs is 3. The first-order valence-corrected chi connectivity index (χ1v) is 15.3. The predicted molar refractivity (Wildman–Crippen MR) is 157 cm³/mol. The van der Waals surface area contributed by atoms with E-state index in [0.29, 0.717) is 36.6 Å². The number of methoxy groups -OCH3 is 1. The van der Waals surface area contributed by atoms with E-state index in [4.69, 9.17) is 23.7 Å². The molecule has 4 atom stereocenters. The van der Waals surface area contributed by atoms with Crippen molar-refractivity contribution in [2.45, 2.75) is 87.6 Å². The fraction of sp³-hybridized carbons (Fsp3) is 0.688. The van der Waals surface area contributed by atoms with Gasteiger partial charge in [-0.2, -0.15) is 0 Å². The topological polar surface area (TPSA) is 127 Å². The Bertz CT molecular complexity index is 1240. The molecule has 1 fully saturated rings. The summed E-state index contributed by atoms with van der Waals surface area (Å²) in [6.45, 7) is 5.86. The number of carbonyl (C=O) groups is 2. The molecule has 2 N–H and O–H groups in total. The van der Waals surface area contributed by atoms with E-state index in [9.17, 15) is 19.8 Å². The predicted octanol–water partition coefficient (Wildman–Crippen LogP) is 2.51. The fourth-order valence-electron chi connectivity index (χ4n) is 7.03. The lowest BCUT2D eigenvalue weighted by Crippen LogP contribution is -2.49. The lowest BCUT2D eigenvalue weighted by atomic mass is 9.77. The number of esters is 2. The Morgan fingerprint density at radius 1 is 1.14 bits per heavy atom. The molecule has 1 saturated heterocycles. The summed E-state index contributed by atoms with van der Waals surface area (Å²) in [5, 5.41) is 22.0. The van der Waals surface area contributed by atoms with E-state index in [0.717, 1.165) is 43.5 Å². The van der Waals surface area contributed by atoms with Crippen molar-refractivity contribution in [2.75, 3.05) is 54.2 Å². The van der Waals surface area contributed by atoms with Crippen molar-refractivity contribution in [2.24, 2.45) is 0 Å². The number of ether oxygens (including phenoxy) is 5. The van der Waals surface area contributed by atoms with Gasteiger partial charge in [0.15, 0.2) is 23.2 Å². The van der Waals surface area contributed by atoms with Crippen LogP contribution < -0.4 is 9.47 Å². The minimum atomic E-state index is -2.15. The second-order valence-electron chi connectivity index (χ2n) is 13.2. The van der Waals surface area contributed by atoms with E-state index in [1.807, 2.05) is 31.1 Å². The Morgan fingerprint density at radius 3 is 2.58 bits per heavy atom. The van der Waals surface area contributed by atoms with E-state index in [1.165, 1.54) is 0 Å². The lowest BCUT2D eigenvalue weighted by molar-refractivity contribution is -0.179. The first-order valence-electron chi connectivity index (χ1n) is 15.3. The van der Waals surface area contributed by atoms with E-state index in [1.54, 1.807) is 21.0 Å². The van der Waals surface area contributed by atoms with Crippen molar-refractivity contribution in [1.82, 2.24) is 9.80 Å². The highest BCUT2D eigenvalue weighted by molar-refractivity contribution is 5.86. The zero-order valence-electron chi connectivity index (χ0n) is 26.0. The van der Waals surface area contributed by atoms with Gasteiger partial charge in [-0.3, -0.25) is 9.69 Å². The molecule has 43 heavy (non-hydrogen) atoms. The normalized spacial score (nSPS) is 25.7. The molecule has 1 aromatic carbocycles. The SMILES string of the molecule is COC1=CC23CCCN2CCc2cc4c(cc2C3C1OC(=O)C(O)(CCCC(C)(C)O)CC(=O)OCCN(C)C)OCO4. The quantitative estimate of drug-likeness (QED) is 0.343. The number of hydrogen-bond donors (Lipinski definition) is 2. The maximum absolute atomic E-state index is 14.0. The number of aliphatic hydroxyl groups is 2. The molecule has 5 rings (SSSR count). The molecule has 0 saturated carbocycles. The first kappa shape index (κ1) is 31.6. The summed E-state index contributed by atoms with van der Waals surface area (Å²) >= 11 is 0. The van der Waals surface area contributed by atoms with Crippen molar-refractivity contribution >= 4 is 11.9 Å². The van der Waals surface area contributed by atoms with Gasteiger partial charge in [0.1, 0.15) is 12.4 Å². The van der Waals surface area contributed by atoms with Crippen LogP contribution in [0.15, 0.2) is 24.0 Å². The van der Waals surface area contributed by atoms with Crippen LogP contribution in [0.3, 0.4) is 0 Å². The molecule has 3 heterocycles. The molecule has 11 heteroatoms. The minimum absolute atomic E-state index is 0.0748. The third-order valence-electron chi connectivity index (χ3n) is 9.20. The van der Waals surface area contributed by atoms with Gasteiger partial charge in [-0.05, 0) is 102 Å². The molecule has 11 nitrogen and oxygen atoms in total. The molecule has 0 bridgehead atoms. The summed E-state index contributed by atoms with van der Waals surface area (Å²) in [4.78, 5) is 31.2. The largest absolute Gasteiger partial charge is 0.497 e. The third kappa shape index (κ3) is 6.50. The summed E-state index contributed by atoms with van der Waals surface area (Å²) < 4.78 is 28.9. The average Bonchev–Trinajstić information content (AvgIpc) is 3.61. The summed E-state index contributed by atoms with van der Waals surface area (Å²) in [7, 11) is 5.28. The van der Waals surface area contributed by atoms with Crippen LogP contribution in [0.4, 0.5) is 0 Å². The Hall–Kier alpha value is -2.86. The molecule has 4 aliphatic rings. The van der Waals surface area contributed by atoms with Crippen LogP contribution in [0.2, 0.25) is 0 Å². The van der Waals surface area contributed by atoms with Gasteiger partial charge in [-0.25, -0.2) is 4.79 Å². The highest BCUT2D eigenvalue weighted by atomic mass is 16.7. The Kier molecular flexibility index (Phi) is 9.00. The highest BCUT2D eigenvalue weighted by Gasteiger charge is 2.59. The summed E-state index contributed by atoms with van der Waals surface area (Å²) in [5.41, 5.74) is -1.47. The smallest absolute Gasteiger partial charge is 0.339 e. The van der Waals surface area contributed by atoms with Crippen LogP contribution in [0.25, 0.3) is 0 Å². The Morgan fingerprint density at radius 2 is 1.88 bits per heavy atom. The molecule has 0 amide bonds. The minimum Gasteiger partial charge on any atom is -0.497 e. The van der Waals surface area contributed by atoms with Crippen molar-refractivity contribution < 1.29 is 43.5 Å². The number of hydrogen-bond acceptors (Lipinski definition) is 11. The van der Waals surface area contributed by atoms with E-state index < -0.39 is 41.2 Å². The fourth-order valence-corrected chi connectivity index (χ4v) is 7.03. The molecule has 1 aliphatic carbocycles. The van der Waals surface area contributed by atoms with Crippen LogP contribution in [-0.2, 0) is 30.2 Å². The summed E-state index contributed by atoms with van der Waals surface area (Å²) in [6.07, 6.45) is 3.91. The van der Waals surface area contributed by atoms with E-state index in [2.05, 4.69) is 11.0 Å². The zero-order valence-corrected chi connectivity index (χ0v) is 26.0. The monoisotopic (exact) mass is 602 g/mol. The van der Waals surface area contributed by atoms with E-state index >= 15 is 0 Å². The van der Waals surface area contributed by atoms with Crippen LogP contribution in [-0.4, -0.2) is 109 Å². The Balaban J connectivity index is 1.45. The molecular formula is C32H46N2O9. The molecule has 0 aromatic heterocycles. The van der Waals surface area contributed by atoms with Crippen molar-refractivity contribution in [3.05, 3.63) is 35.1 Å². The Labute approximate surface area is 253 Å². The van der Waals surface area contributed by atoms with Crippen molar-refractivity contribution in [3.63, 3.8) is 0 Å². The molecule has 238 valence electrons. The average molecular weight is 603 g/mol. The van der Waals surface area contributed by atoms with Gasteiger partial charge in [0.2, 0.25) is 6.79 Å². The summed E-state index contributed by atoms with van der Waals surface area (Å²) in [6, 6.07) is 4.02. The number of rotatable bonds is 12. The number of likely N-dealkylation sites (N-methyl/N-ethyl adjacent to an activating group) is 1. The molecule has 1 spiro atoms. The molecule has 1 aromatic rings. The highest BCUT2D eigenvalue weighted by Crippen LogP contribution is 2.55. The second-order valence-corrected chi connectivity index (χ2v) is 13.2. The van der Waals surface area contributed by atoms with E-state index in [-0.39, 0.29) is 25.7 Å². The van der Waals surface area contributed by atoms with Gasteiger partial charge in [-0.1, -0.05) is 0 Å². The second kappa shape index (κ2) is 12.3. The summed E-state index contributed by atoms with van der Waals surface area (Å²) in [5.74, 6) is -0.0368. The third-order valence-corrected chi connectivity index (χ3v) is 9.20. The maximum atomic E-state index is 14.0. The van der Waals surface area contributed by atoms with Crippen LogP contribution in [0, 0.1) is 0 Å². The first-order chi connectivity index (χ1) is 20.3. The molecule has 4 unspecified atom stereocenters. The van der Waals surface area contributed by atoms with Crippen LogP contribution >= 0.6 is 0 Å². The molecular weight excluding hydrogens is 556 g/mol. The van der Waals surface area contributed by atoms with Crippen LogP contribution in [0.5, 0.6) is 11.5 Å². The van der Waals surface area contributed by atoms with Gasteiger partial charge in [0, 0.05) is 13.1 Å². The van der Waals surface area contributed by atoms with Crippen LogP contribution in [0.1, 0.15) is 69.4 Å². The standard InChI is InChI=1S/C32H46N2O9/c1-30(2,37)9-6-11-32(38,19-26(35)40-15-14-33(3)4)29(36)43-28-25(39-5)18-31-10-7-12-34(31)13-8-21-16-23-24(42-20-41-23)17-22(21)27(28)31/h16-18,27-28,37-38H,6-15,19-20H2,1-5H3. The zero-order chi connectivity index (χ0) is 31.0. The van der Waals surface area contributed by atoms with Gasteiger partial charge in [-0.15, -0.1) is 0 Å². The number of benzene rings is 1. The number of carbonyl (C=O) groups excluding carboxylic acids is 2. The van der Waals surface area contributed by atoms with Gasteiger partial charge in [0.05, 0.1) is 30.6 Å². The maximum Gasteiger partial charge on any atom is 0.339 e. The molecule has 0 radical (unpaired) electrons.